The van der Waals surface area contributed by atoms with Crippen molar-refractivity contribution < 1.29 is 32.2 Å². The fourth-order valence-corrected chi connectivity index (χ4v) is 9.87. The number of pyridine rings is 1. The second-order valence-corrected chi connectivity index (χ2v) is 16.6. The summed E-state index contributed by atoms with van der Waals surface area (Å²) in [5.41, 5.74) is 4.71. The lowest BCUT2D eigenvalue weighted by molar-refractivity contribution is -0.141. The van der Waals surface area contributed by atoms with Crippen LogP contribution in [0.4, 0.5) is 19.0 Å². The third-order valence-electron chi connectivity index (χ3n) is 12.1. The summed E-state index contributed by atoms with van der Waals surface area (Å²) < 4.78 is 55.0. The van der Waals surface area contributed by atoms with Crippen LogP contribution in [0, 0.1) is 10.8 Å². The largest absolute Gasteiger partial charge is 0.496 e. The molecule has 6 heterocycles. The van der Waals surface area contributed by atoms with E-state index in [0.717, 1.165) is 53.0 Å². The number of rotatable bonds is 10. The first kappa shape index (κ1) is 37.6. The maximum absolute atomic E-state index is 14.6. The number of hydrogen-bond donors (Lipinski definition) is 3. The Bertz CT molecular complexity index is 2280. The molecule has 4 fully saturated rings. The van der Waals surface area contributed by atoms with E-state index in [0.29, 0.717) is 68.3 Å². The lowest BCUT2D eigenvalue weighted by atomic mass is 9.79. The zero-order valence-electron chi connectivity index (χ0n) is 31.6. The summed E-state index contributed by atoms with van der Waals surface area (Å²) in [6.45, 7) is 4.96. The molecule has 4 saturated heterocycles. The number of nitrogens with zero attached hydrogens (tertiary/aromatic N) is 5. The highest BCUT2D eigenvalue weighted by Crippen LogP contribution is 2.46. The fraction of sp³-hybridized carbons (Fsp3) is 0.439. The number of likely N-dealkylation sites (tertiary alicyclic amines) is 2. The van der Waals surface area contributed by atoms with Crippen LogP contribution in [0.1, 0.15) is 53.4 Å². The molecule has 12 nitrogen and oxygen atoms in total. The van der Waals surface area contributed by atoms with Crippen LogP contribution in [0.3, 0.4) is 0 Å². The van der Waals surface area contributed by atoms with Crippen molar-refractivity contribution >= 4 is 29.2 Å². The Morgan fingerprint density at radius 2 is 1.61 bits per heavy atom. The molecule has 0 unspecified atom stereocenters. The van der Waals surface area contributed by atoms with Gasteiger partial charge in [-0.1, -0.05) is 41.9 Å². The number of nitrogens with one attached hydrogen (secondary N) is 3. The molecular weight excluding hydrogens is 761 g/mol. The van der Waals surface area contributed by atoms with E-state index in [-0.39, 0.29) is 40.8 Å². The quantitative estimate of drug-likeness (QED) is 0.185. The normalized spacial score (nSPS) is 20.9. The number of hydrogen-bond acceptors (Lipinski definition) is 10. The van der Waals surface area contributed by atoms with Gasteiger partial charge in [-0.3, -0.25) is 24.4 Å². The average Bonchev–Trinajstić information content (AvgIpc) is 3.88. The molecule has 4 aliphatic heterocycles. The van der Waals surface area contributed by atoms with Crippen molar-refractivity contribution in [2.24, 2.45) is 10.8 Å². The van der Waals surface area contributed by atoms with Crippen molar-refractivity contribution in [2.45, 2.75) is 51.0 Å². The lowest BCUT2D eigenvalue weighted by Gasteiger charge is -2.47. The number of ether oxygens (including phenoxy) is 2. The first-order chi connectivity index (χ1) is 27.3. The molecule has 16 heteroatoms. The molecule has 0 radical (unpaired) electrons. The van der Waals surface area contributed by atoms with Gasteiger partial charge in [-0.2, -0.15) is 18.2 Å². The Morgan fingerprint density at radius 1 is 0.912 bits per heavy atom. The van der Waals surface area contributed by atoms with Crippen molar-refractivity contribution in [2.75, 3.05) is 58.8 Å². The third kappa shape index (κ3) is 6.93. The molecule has 298 valence electrons. The van der Waals surface area contributed by atoms with Crippen LogP contribution >= 0.6 is 11.6 Å². The number of carbonyl (C=O) groups is 2. The number of carbonyl (C=O) groups excluding carboxylic acids is 2. The van der Waals surface area contributed by atoms with Gasteiger partial charge in [0.15, 0.2) is 11.5 Å². The van der Waals surface area contributed by atoms with Crippen LogP contribution in [0.2, 0.25) is 5.02 Å². The number of alkyl halides is 3. The van der Waals surface area contributed by atoms with Crippen LogP contribution in [0.5, 0.6) is 11.6 Å². The summed E-state index contributed by atoms with van der Waals surface area (Å²) in [6.07, 6.45) is -0.956. The number of benzene rings is 2. The summed E-state index contributed by atoms with van der Waals surface area (Å²) in [4.78, 5) is 40.9. The molecule has 1 atom stereocenters. The highest BCUT2D eigenvalue weighted by atomic mass is 35.5. The average molecular weight is 803 g/mol. The van der Waals surface area contributed by atoms with E-state index < -0.39 is 23.7 Å². The zero-order valence-corrected chi connectivity index (χ0v) is 32.3. The second-order valence-electron chi connectivity index (χ2n) is 16.2. The van der Waals surface area contributed by atoms with Gasteiger partial charge in [-0.05, 0) is 41.7 Å². The predicted octanol–water partition coefficient (Wildman–Crippen LogP) is 5.64. The molecule has 0 bridgehead atoms. The Labute approximate surface area is 332 Å². The van der Waals surface area contributed by atoms with Crippen LogP contribution in [0.15, 0.2) is 48.7 Å². The minimum absolute atomic E-state index is 0.00605. The number of methoxy groups -OCH3 is 2. The maximum Gasteiger partial charge on any atom is 0.437 e. The standard InChI is InChI=1S/C41H42ClF3N8O4/c1-56-31-12-23(6-7-24(31)15-52-19-39(20-52)13-32(54)47-17-39)35-34(42)28(10-11-46-35)25-4-3-5-27-26(25)8-9-29(27)50-37-36(41(43,44)45)49-30(38(51-37)57-2)16-53-21-40(22-53)14-33(55)48-18-40/h3-7,10-12,29H,8-9,13-22H2,1-2H3,(H,47,54)(H,48,55)(H,50,51)/t29-/m0/s1. The van der Waals surface area contributed by atoms with E-state index in [4.69, 9.17) is 21.1 Å². The Balaban J connectivity index is 0.945. The molecule has 2 aromatic carbocycles. The second kappa shape index (κ2) is 14.1. The molecular formula is C41H42ClF3N8O4. The highest BCUT2D eigenvalue weighted by Gasteiger charge is 2.49. The van der Waals surface area contributed by atoms with E-state index >= 15 is 0 Å². The molecule has 2 spiro atoms. The van der Waals surface area contributed by atoms with Gasteiger partial charge in [-0.25, -0.2) is 4.98 Å². The Hall–Kier alpha value is -4.99. The van der Waals surface area contributed by atoms with Gasteiger partial charge in [0.2, 0.25) is 17.7 Å². The monoisotopic (exact) mass is 802 g/mol. The third-order valence-corrected chi connectivity index (χ3v) is 12.5. The number of amides is 2. The van der Waals surface area contributed by atoms with Crippen molar-refractivity contribution in [3.63, 3.8) is 0 Å². The Kier molecular flexibility index (Phi) is 9.32. The smallest absolute Gasteiger partial charge is 0.437 e. The molecule has 4 aromatic rings. The minimum Gasteiger partial charge on any atom is -0.496 e. The summed E-state index contributed by atoms with van der Waals surface area (Å²) in [5, 5.41) is 9.32. The molecule has 2 amide bonds. The van der Waals surface area contributed by atoms with Crippen molar-refractivity contribution in [1.82, 2.24) is 35.4 Å². The highest BCUT2D eigenvalue weighted by molar-refractivity contribution is 6.35. The van der Waals surface area contributed by atoms with Gasteiger partial charge in [-0.15, -0.1) is 0 Å². The van der Waals surface area contributed by atoms with Crippen LogP contribution in [-0.4, -0.2) is 90.1 Å². The minimum atomic E-state index is -4.77. The summed E-state index contributed by atoms with van der Waals surface area (Å²) in [6, 6.07) is 13.1. The van der Waals surface area contributed by atoms with Gasteiger partial charge in [0, 0.05) is 98.9 Å². The van der Waals surface area contributed by atoms with Gasteiger partial charge in [0.05, 0.1) is 31.0 Å². The van der Waals surface area contributed by atoms with Gasteiger partial charge in [0.1, 0.15) is 11.4 Å². The summed E-state index contributed by atoms with van der Waals surface area (Å²) >= 11 is 7.15. The van der Waals surface area contributed by atoms with Crippen LogP contribution in [0.25, 0.3) is 22.4 Å². The van der Waals surface area contributed by atoms with Crippen LogP contribution in [-0.2, 0) is 35.3 Å². The predicted molar refractivity (Wildman–Crippen MR) is 206 cm³/mol. The number of fused-ring (bicyclic) bond motifs is 1. The van der Waals surface area contributed by atoms with E-state index in [1.165, 1.54) is 7.11 Å². The number of halogens is 4. The summed E-state index contributed by atoms with van der Waals surface area (Å²) in [5.74, 6) is 0.456. The first-order valence-electron chi connectivity index (χ1n) is 19.1. The van der Waals surface area contributed by atoms with Gasteiger partial charge >= 0.3 is 6.18 Å². The molecule has 3 N–H and O–H groups in total. The molecule has 5 aliphatic rings. The number of aromatic nitrogens is 3. The molecule has 1 aliphatic carbocycles. The topological polar surface area (TPSA) is 134 Å². The Morgan fingerprint density at radius 3 is 2.25 bits per heavy atom. The van der Waals surface area contributed by atoms with E-state index in [1.807, 2.05) is 47.4 Å². The van der Waals surface area contributed by atoms with Crippen molar-refractivity contribution in [3.8, 4) is 34.0 Å². The first-order valence-corrected chi connectivity index (χ1v) is 19.4. The van der Waals surface area contributed by atoms with Gasteiger partial charge < -0.3 is 25.4 Å². The zero-order chi connectivity index (χ0) is 39.7. The van der Waals surface area contributed by atoms with Gasteiger partial charge in [0.25, 0.3) is 0 Å². The molecule has 9 rings (SSSR count). The van der Waals surface area contributed by atoms with E-state index in [9.17, 15) is 22.8 Å². The number of anilines is 1. The maximum atomic E-state index is 14.6. The molecule has 0 saturated carbocycles. The van der Waals surface area contributed by atoms with E-state index in [1.54, 1.807) is 13.3 Å². The van der Waals surface area contributed by atoms with Crippen molar-refractivity contribution in [1.29, 1.82) is 0 Å². The van der Waals surface area contributed by atoms with E-state index in [2.05, 4.69) is 35.8 Å². The SMILES string of the molecule is COc1cc(-c2nccc(-c3cccc4c3CC[C@@H]4Nc3nc(OC)c(CN4CC5(CNC(=O)C5)C4)nc3C(F)(F)F)c2Cl)ccc1CN1CC2(CNC(=O)C2)C1. The fourth-order valence-electron chi connectivity index (χ4n) is 9.55. The molecule has 57 heavy (non-hydrogen) atoms. The van der Waals surface area contributed by atoms with Crippen molar-refractivity contribution in [3.05, 3.63) is 81.8 Å². The van der Waals surface area contributed by atoms with Crippen LogP contribution < -0.4 is 25.4 Å². The lowest BCUT2D eigenvalue weighted by Crippen LogP contribution is -2.56. The summed E-state index contributed by atoms with van der Waals surface area (Å²) in [7, 11) is 3.01. The molecule has 2 aromatic heterocycles.